The Morgan fingerprint density at radius 1 is 1.31 bits per heavy atom. The number of unbranched alkanes of at least 4 members (excludes halogenated alkanes) is 3. The number of carboxylic acid groups (broad SMARTS) is 1. The number of benzene rings is 1. The third-order valence-corrected chi connectivity index (χ3v) is 5.27. The predicted octanol–water partition coefficient (Wildman–Crippen LogP) is 5.25. The number of carbonyl (C=O) groups excluding carboxylic acids is 1. The second-order valence-corrected chi connectivity index (χ2v) is 7.24. The summed E-state index contributed by atoms with van der Waals surface area (Å²) in [6, 6.07) is 7.37. The third-order valence-electron chi connectivity index (χ3n) is 4.96. The van der Waals surface area contributed by atoms with Gasteiger partial charge in [-0.3, -0.25) is 9.59 Å². The molecule has 0 radical (unpaired) electrons. The molecule has 1 aliphatic rings. The smallest absolute Gasteiger partial charge is 0.303 e. The van der Waals surface area contributed by atoms with Gasteiger partial charge >= 0.3 is 5.97 Å². The molecule has 1 N–H and O–H groups in total. The average molecular weight is 374 g/mol. The van der Waals surface area contributed by atoms with Crippen LogP contribution in [0.4, 0.5) is 0 Å². The van der Waals surface area contributed by atoms with Crippen LogP contribution in [0.25, 0.3) is 6.08 Å². The summed E-state index contributed by atoms with van der Waals surface area (Å²) in [4.78, 5) is 22.7. The fourth-order valence-electron chi connectivity index (χ4n) is 3.49. The van der Waals surface area contributed by atoms with E-state index >= 15 is 0 Å². The van der Waals surface area contributed by atoms with Crippen LogP contribution in [-0.2, 0) is 9.59 Å². The molecule has 2 atom stereocenters. The maximum atomic E-state index is 12.2. The van der Waals surface area contributed by atoms with E-state index in [1.807, 2.05) is 18.2 Å². The van der Waals surface area contributed by atoms with E-state index in [0.717, 1.165) is 37.7 Å². The van der Waals surface area contributed by atoms with E-state index in [2.05, 4.69) is 6.08 Å². The second-order valence-electron chi connectivity index (χ2n) is 6.83. The van der Waals surface area contributed by atoms with Gasteiger partial charge in [0, 0.05) is 18.8 Å². The van der Waals surface area contributed by atoms with Gasteiger partial charge in [-0.1, -0.05) is 49.1 Å². The number of ketones is 1. The SMILES string of the molecule is N#Cc1ccc(C=C[C@@H]2CCC(=O)[C@H]2CCCCCCC(=O)O)cc1Cl. The first-order chi connectivity index (χ1) is 12.5. The van der Waals surface area contributed by atoms with E-state index in [9.17, 15) is 9.59 Å². The maximum Gasteiger partial charge on any atom is 0.303 e. The standard InChI is InChI=1S/C21H24ClNO3/c22-19-13-15(8-10-17(19)14-23)7-9-16-11-12-20(24)18(16)5-3-1-2-4-6-21(25)26/h7-10,13,16,18H,1-6,11-12H2,(H,25,26)/t16-,18+/m1/s1. The zero-order chi connectivity index (χ0) is 18.9. The molecule has 26 heavy (non-hydrogen) atoms. The molecule has 4 nitrogen and oxygen atoms in total. The van der Waals surface area contributed by atoms with Crippen molar-refractivity contribution in [3.8, 4) is 6.07 Å². The molecule has 2 rings (SSSR count). The van der Waals surface area contributed by atoms with E-state index in [1.165, 1.54) is 0 Å². The van der Waals surface area contributed by atoms with E-state index in [0.29, 0.717) is 29.2 Å². The van der Waals surface area contributed by atoms with Crippen LogP contribution < -0.4 is 0 Å². The molecule has 1 aliphatic carbocycles. The number of rotatable bonds is 9. The molecule has 0 aromatic heterocycles. The number of carbonyl (C=O) groups is 2. The summed E-state index contributed by atoms with van der Waals surface area (Å²) in [5.74, 6) is -0.0948. The van der Waals surface area contributed by atoms with Gasteiger partial charge in [-0.2, -0.15) is 5.26 Å². The summed E-state index contributed by atoms with van der Waals surface area (Å²) < 4.78 is 0. The number of allylic oxidation sites excluding steroid dienone is 1. The van der Waals surface area contributed by atoms with Gasteiger partial charge in [0.25, 0.3) is 0 Å². The van der Waals surface area contributed by atoms with Gasteiger partial charge in [0.2, 0.25) is 0 Å². The molecule has 0 saturated heterocycles. The molecule has 0 aliphatic heterocycles. The highest BCUT2D eigenvalue weighted by molar-refractivity contribution is 6.31. The number of carboxylic acids is 1. The van der Waals surface area contributed by atoms with Crippen molar-refractivity contribution >= 4 is 29.4 Å². The monoisotopic (exact) mass is 373 g/mol. The lowest BCUT2D eigenvalue weighted by molar-refractivity contribution is -0.137. The zero-order valence-corrected chi connectivity index (χ0v) is 15.5. The van der Waals surface area contributed by atoms with Crippen molar-refractivity contribution in [3.05, 3.63) is 40.4 Å². The molecular weight excluding hydrogens is 350 g/mol. The Balaban J connectivity index is 1.85. The number of nitriles is 1. The van der Waals surface area contributed by atoms with Crippen molar-refractivity contribution < 1.29 is 14.7 Å². The number of aliphatic carboxylic acids is 1. The minimum atomic E-state index is -0.746. The van der Waals surface area contributed by atoms with Gasteiger partial charge in [-0.05, 0) is 42.9 Å². The van der Waals surface area contributed by atoms with E-state index in [4.69, 9.17) is 22.0 Å². The fourth-order valence-corrected chi connectivity index (χ4v) is 3.73. The number of Topliss-reactive ketones (excluding diaryl/α,β-unsaturated/α-hetero) is 1. The normalized spacial score (nSPS) is 19.8. The second kappa shape index (κ2) is 10.1. The predicted molar refractivity (Wildman–Crippen MR) is 102 cm³/mol. The van der Waals surface area contributed by atoms with Crippen molar-refractivity contribution in [2.75, 3.05) is 0 Å². The van der Waals surface area contributed by atoms with Crippen molar-refractivity contribution in [3.63, 3.8) is 0 Å². The average Bonchev–Trinajstić information content (AvgIpc) is 2.96. The molecule has 0 unspecified atom stereocenters. The summed E-state index contributed by atoms with van der Waals surface area (Å²) in [5, 5.41) is 18.0. The number of halogens is 1. The molecule has 0 amide bonds. The summed E-state index contributed by atoms with van der Waals surface area (Å²) in [6.07, 6.45) is 10.2. The Hall–Kier alpha value is -2.12. The quantitative estimate of drug-likeness (QED) is 0.600. The fraction of sp³-hybridized carbons (Fsp3) is 0.476. The van der Waals surface area contributed by atoms with Crippen LogP contribution in [0.3, 0.4) is 0 Å². The van der Waals surface area contributed by atoms with Crippen LogP contribution >= 0.6 is 11.6 Å². The molecular formula is C21H24ClNO3. The van der Waals surface area contributed by atoms with Crippen LogP contribution in [0, 0.1) is 23.2 Å². The van der Waals surface area contributed by atoms with E-state index in [1.54, 1.807) is 12.1 Å². The minimum Gasteiger partial charge on any atom is -0.481 e. The van der Waals surface area contributed by atoms with E-state index in [-0.39, 0.29) is 18.3 Å². The highest BCUT2D eigenvalue weighted by Gasteiger charge is 2.32. The first-order valence-corrected chi connectivity index (χ1v) is 9.51. The zero-order valence-electron chi connectivity index (χ0n) is 14.8. The number of hydrogen-bond acceptors (Lipinski definition) is 3. The van der Waals surface area contributed by atoms with Crippen LogP contribution in [-0.4, -0.2) is 16.9 Å². The van der Waals surface area contributed by atoms with Gasteiger partial charge < -0.3 is 5.11 Å². The van der Waals surface area contributed by atoms with Crippen LogP contribution in [0.1, 0.15) is 62.5 Å². The van der Waals surface area contributed by atoms with Crippen molar-refractivity contribution in [2.45, 2.75) is 51.4 Å². The summed E-state index contributed by atoms with van der Waals surface area (Å²) >= 11 is 6.06. The number of nitrogens with zero attached hydrogens (tertiary/aromatic N) is 1. The largest absolute Gasteiger partial charge is 0.481 e. The highest BCUT2D eigenvalue weighted by Crippen LogP contribution is 2.34. The van der Waals surface area contributed by atoms with Crippen molar-refractivity contribution in [1.82, 2.24) is 0 Å². The van der Waals surface area contributed by atoms with Crippen molar-refractivity contribution in [2.24, 2.45) is 11.8 Å². The van der Waals surface area contributed by atoms with Gasteiger partial charge in [-0.25, -0.2) is 0 Å². The summed E-state index contributed by atoms with van der Waals surface area (Å²) in [6.45, 7) is 0. The number of hydrogen-bond donors (Lipinski definition) is 1. The van der Waals surface area contributed by atoms with E-state index < -0.39 is 5.97 Å². The van der Waals surface area contributed by atoms with Crippen LogP contribution in [0.15, 0.2) is 24.3 Å². The lowest BCUT2D eigenvalue weighted by Crippen LogP contribution is -2.13. The highest BCUT2D eigenvalue weighted by atomic mass is 35.5. The lowest BCUT2D eigenvalue weighted by Gasteiger charge is -2.14. The molecule has 0 heterocycles. The molecule has 5 heteroatoms. The molecule has 1 aromatic carbocycles. The Morgan fingerprint density at radius 3 is 2.77 bits per heavy atom. The maximum absolute atomic E-state index is 12.2. The Morgan fingerprint density at radius 2 is 2.08 bits per heavy atom. The topological polar surface area (TPSA) is 78.2 Å². The first-order valence-electron chi connectivity index (χ1n) is 9.13. The molecule has 0 bridgehead atoms. The molecule has 1 fully saturated rings. The molecule has 1 saturated carbocycles. The minimum absolute atomic E-state index is 0.0691. The van der Waals surface area contributed by atoms with Gasteiger partial charge in [0.15, 0.2) is 0 Å². The molecule has 138 valence electrons. The van der Waals surface area contributed by atoms with Gasteiger partial charge in [-0.15, -0.1) is 0 Å². The van der Waals surface area contributed by atoms with Crippen LogP contribution in [0.2, 0.25) is 5.02 Å². The lowest BCUT2D eigenvalue weighted by atomic mass is 9.89. The first kappa shape index (κ1) is 20.2. The Kier molecular flexibility index (Phi) is 7.87. The van der Waals surface area contributed by atoms with Gasteiger partial charge in [0.1, 0.15) is 11.9 Å². The summed E-state index contributed by atoms with van der Waals surface area (Å²) in [5.41, 5.74) is 1.39. The molecule has 0 spiro atoms. The van der Waals surface area contributed by atoms with Crippen molar-refractivity contribution in [1.29, 1.82) is 5.26 Å². The van der Waals surface area contributed by atoms with Crippen LogP contribution in [0.5, 0.6) is 0 Å². The summed E-state index contributed by atoms with van der Waals surface area (Å²) in [7, 11) is 0. The Bertz CT molecular complexity index is 720. The Labute approximate surface area is 159 Å². The third kappa shape index (κ3) is 6.00. The molecule has 1 aromatic rings. The van der Waals surface area contributed by atoms with Gasteiger partial charge in [0.05, 0.1) is 10.6 Å².